The van der Waals surface area contributed by atoms with E-state index in [2.05, 4.69) is 6.58 Å². The van der Waals surface area contributed by atoms with Crippen molar-refractivity contribution in [3.05, 3.63) is 36.6 Å². The predicted molar refractivity (Wildman–Crippen MR) is 39.6 cm³/mol. The molecule has 2 N–H and O–H groups in total. The molecule has 0 amide bonds. The van der Waals surface area contributed by atoms with E-state index in [1.54, 1.807) is 6.08 Å². The van der Waals surface area contributed by atoms with E-state index in [0.29, 0.717) is 6.42 Å². The smallest absolute Gasteiger partial charge is 0.111 e. The van der Waals surface area contributed by atoms with Gasteiger partial charge in [0.25, 0.3) is 0 Å². The second kappa shape index (κ2) is 2.31. The fourth-order valence-corrected chi connectivity index (χ4v) is 0.785. The molecule has 0 aromatic heterocycles. The molecule has 0 saturated heterocycles. The average Bonchev–Trinajstić information content (AvgIpc) is 1.96. The molecule has 0 heterocycles. The molecule has 0 saturated carbocycles. The van der Waals surface area contributed by atoms with Gasteiger partial charge < -0.3 is 10.2 Å². The van der Waals surface area contributed by atoms with Crippen LogP contribution in [0.25, 0.3) is 0 Å². The van der Waals surface area contributed by atoms with Gasteiger partial charge >= 0.3 is 0 Å². The molecule has 0 aromatic carbocycles. The Morgan fingerprint density at radius 2 is 2.40 bits per heavy atom. The summed E-state index contributed by atoms with van der Waals surface area (Å²) >= 11 is 0. The number of hydrogen-bond acceptors (Lipinski definition) is 2. The molecule has 1 aliphatic rings. The summed E-state index contributed by atoms with van der Waals surface area (Å²) in [5.74, 6) is 0.200. The third kappa shape index (κ3) is 1.28. The zero-order valence-corrected chi connectivity index (χ0v) is 5.62. The molecule has 1 unspecified atom stereocenters. The maximum Gasteiger partial charge on any atom is 0.111 e. The van der Waals surface area contributed by atoms with E-state index in [9.17, 15) is 5.11 Å². The zero-order valence-electron chi connectivity index (χ0n) is 5.62. The molecule has 1 aliphatic carbocycles. The first-order valence-corrected chi connectivity index (χ1v) is 3.11. The van der Waals surface area contributed by atoms with E-state index in [1.165, 1.54) is 18.2 Å². The van der Waals surface area contributed by atoms with Gasteiger partial charge in [0.15, 0.2) is 0 Å². The highest BCUT2D eigenvalue weighted by molar-refractivity contribution is 5.26. The SMILES string of the molecule is C=CC1(O)C=CC(O)=CC1. The molecule has 1 rings (SSSR count). The van der Waals surface area contributed by atoms with E-state index < -0.39 is 5.60 Å². The molecule has 54 valence electrons. The quantitative estimate of drug-likeness (QED) is 0.536. The van der Waals surface area contributed by atoms with E-state index in [4.69, 9.17) is 5.11 Å². The second-order valence-corrected chi connectivity index (χ2v) is 2.36. The molecule has 0 aromatic rings. The third-order valence-corrected chi connectivity index (χ3v) is 1.53. The highest BCUT2D eigenvalue weighted by Crippen LogP contribution is 2.20. The molecule has 2 nitrogen and oxygen atoms in total. The summed E-state index contributed by atoms with van der Waals surface area (Å²) in [6.07, 6.45) is 6.40. The lowest BCUT2D eigenvalue weighted by atomic mass is 9.95. The molecular weight excluding hydrogens is 128 g/mol. The van der Waals surface area contributed by atoms with Crippen LogP contribution in [0, 0.1) is 0 Å². The fourth-order valence-electron chi connectivity index (χ4n) is 0.785. The second-order valence-electron chi connectivity index (χ2n) is 2.36. The van der Waals surface area contributed by atoms with Gasteiger partial charge in [-0.25, -0.2) is 0 Å². The number of rotatable bonds is 1. The van der Waals surface area contributed by atoms with Crippen LogP contribution in [0.5, 0.6) is 0 Å². The van der Waals surface area contributed by atoms with Crippen LogP contribution in [0.3, 0.4) is 0 Å². The molecule has 1 atom stereocenters. The lowest BCUT2D eigenvalue weighted by Crippen LogP contribution is -2.23. The summed E-state index contributed by atoms with van der Waals surface area (Å²) in [6.45, 7) is 3.47. The van der Waals surface area contributed by atoms with Crippen molar-refractivity contribution in [1.82, 2.24) is 0 Å². The summed E-state index contributed by atoms with van der Waals surface area (Å²) in [7, 11) is 0. The Bertz CT molecular complexity index is 203. The van der Waals surface area contributed by atoms with Gasteiger partial charge in [0.1, 0.15) is 11.4 Å². The maximum absolute atomic E-state index is 9.44. The van der Waals surface area contributed by atoms with Gasteiger partial charge in [0.05, 0.1) is 0 Å². The highest BCUT2D eigenvalue weighted by atomic mass is 16.3. The number of allylic oxidation sites excluding steroid dienone is 1. The maximum atomic E-state index is 9.44. The fraction of sp³-hybridized carbons (Fsp3) is 0.250. The van der Waals surface area contributed by atoms with Crippen LogP contribution in [0.15, 0.2) is 36.6 Å². The first-order valence-electron chi connectivity index (χ1n) is 3.11. The Kier molecular flexibility index (Phi) is 1.64. The van der Waals surface area contributed by atoms with Crippen LogP contribution in [-0.2, 0) is 0 Å². The van der Waals surface area contributed by atoms with Crippen molar-refractivity contribution in [2.24, 2.45) is 0 Å². The van der Waals surface area contributed by atoms with Crippen LogP contribution in [0.1, 0.15) is 6.42 Å². The van der Waals surface area contributed by atoms with Gasteiger partial charge in [0, 0.05) is 6.42 Å². The zero-order chi connectivity index (χ0) is 7.61. The van der Waals surface area contributed by atoms with Gasteiger partial charge in [-0.15, -0.1) is 0 Å². The summed E-state index contributed by atoms with van der Waals surface area (Å²) < 4.78 is 0. The lowest BCUT2D eigenvalue weighted by Gasteiger charge is -2.20. The minimum absolute atomic E-state index is 0.200. The molecule has 0 spiro atoms. The normalized spacial score (nSPS) is 31.5. The van der Waals surface area contributed by atoms with Crippen LogP contribution in [0.2, 0.25) is 0 Å². The Labute approximate surface area is 59.8 Å². The van der Waals surface area contributed by atoms with Gasteiger partial charge in [-0.3, -0.25) is 0 Å². The molecule has 0 radical (unpaired) electrons. The average molecular weight is 138 g/mol. The van der Waals surface area contributed by atoms with Crippen molar-refractivity contribution in [2.45, 2.75) is 12.0 Å². The van der Waals surface area contributed by atoms with Gasteiger partial charge in [-0.05, 0) is 18.2 Å². The Hall–Kier alpha value is -1.02. The van der Waals surface area contributed by atoms with Crippen LogP contribution < -0.4 is 0 Å². The standard InChI is InChI=1S/C8H10O2/c1-2-8(10)5-3-7(9)4-6-8/h2-5,9-10H,1,6H2. The van der Waals surface area contributed by atoms with Crippen LogP contribution in [-0.4, -0.2) is 15.8 Å². The Morgan fingerprint density at radius 1 is 1.70 bits per heavy atom. The molecule has 0 bridgehead atoms. The third-order valence-electron chi connectivity index (χ3n) is 1.53. The lowest BCUT2D eigenvalue weighted by molar-refractivity contribution is 0.142. The molecule has 0 fully saturated rings. The topological polar surface area (TPSA) is 40.5 Å². The highest BCUT2D eigenvalue weighted by Gasteiger charge is 2.19. The summed E-state index contributed by atoms with van der Waals surface area (Å²) in [5, 5.41) is 18.3. The van der Waals surface area contributed by atoms with E-state index >= 15 is 0 Å². The van der Waals surface area contributed by atoms with Crippen molar-refractivity contribution in [1.29, 1.82) is 0 Å². The van der Waals surface area contributed by atoms with Crippen molar-refractivity contribution >= 4 is 0 Å². The van der Waals surface area contributed by atoms with Crippen LogP contribution in [0.4, 0.5) is 0 Å². The molecular formula is C8H10O2. The number of hydrogen-bond donors (Lipinski definition) is 2. The van der Waals surface area contributed by atoms with E-state index in [1.807, 2.05) is 0 Å². The van der Waals surface area contributed by atoms with Crippen LogP contribution >= 0.6 is 0 Å². The summed E-state index contributed by atoms with van der Waals surface area (Å²) in [6, 6.07) is 0. The van der Waals surface area contributed by atoms with Crippen molar-refractivity contribution < 1.29 is 10.2 Å². The van der Waals surface area contributed by atoms with Crippen molar-refractivity contribution in [2.75, 3.05) is 0 Å². The first-order chi connectivity index (χ1) is 4.66. The Morgan fingerprint density at radius 3 is 2.80 bits per heavy atom. The summed E-state index contributed by atoms with van der Waals surface area (Å²) in [4.78, 5) is 0. The Balaban J connectivity index is 2.76. The van der Waals surface area contributed by atoms with Crippen molar-refractivity contribution in [3.8, 4) is 0 Å². The monoisotopic (exact) mass is 138 g/mol. The van der Waals surface area contributed by atoms with E-state index in [0.717, 1.165) is 0 Å². The van der Waals surface area contributed by atoms with E-state index in [-0.39, 0.29) is 5.76 Å². The van der Waals surface area contributed by atoms with Gasteiger partial charge in [-0.1, -0.05) is 12.7 Å². The minimum atomic E-state index is -0.952. The number of aliphatic hydroxyl groups excluding tert-OH is 1. The molecule has 10 heavy (non-hydrogen) atoms. The summed E-state index contributed by atoms with van der Waals surface area (Å²) in [5.41, 5.74) is -0.952. The first kappa shape index (κ1) is 7.09. The van der Waals surface area contributed by atoms with Crippen molar-refractivity contribution in [3.63, 3.8) is 0 Å². The van der Waals surface area contributed by atoms with Gasteiger partial charge in [-0.2, -0.15) is 0 Å². The molecule has 0 aliphatic heterocycles. The molecule has 2 heteroatoms. The van der Waals surface area contributed by atoms with Gasteiger partial charge in [0.2, 0.25) is 0 Å². The minimum Gasteiger partial charge on any atom is -0.508 e. The largest absolute Gasteiger partial charge is 0.508 e. The number of aliphatic hydroxyl groups is 2. The predicted octanol–water partition coefficient (Wildman–Crippen LogP) is 1.31.